The lowest BCUT2D eigenvalue weighted by Crippen LogP contribution is -2.38. The Morgan fingerprint density at radius 3 is 2.54 bits per heavy atom. The lowest BCUT2D eigenvalue weighted by Gasteiger charge is -2.20. The minimum absolute atomic E-state index is 0.0803. The predicted octanol–water partition coefficient (Wildman–Crippen LogP) is 3.81. The number of hydrogen-bond acceptors (Lipinski definition) is 7. The van der Waals surface area contributed by atoms with Gasteiger partial charge in [-0.3, -0.25) is 4.79 Å². The van der Waals surface area contributed by atoms with Crippen molar-refractivity contribution in [2.75, 3.05) is 19.8 Å². The van der Waals surface area contributed by atoms with Gasteiger partial charge in [-0.15, -0.1) is 0 Å². The first-order valence-corrected chi connectivity index (χ1v) is 12.7. The molecule has 3 rings (SSSR count). The maximum absolute atomic E-state index is 13.1. The number of rotatable bonds is 13. The van der Waals surface area contributed by atoms with E-state index in [1.807, 2.05) is 13.8 Å². The van der Waals surface area contributed by atoms with Crippen LogP contribution in [0.25, 0.3) is 0 Å². The highest BCUT2D eigenvalue weighted by Crippen LogP contribution is 2.28. The van der Waals surface area contributed by atoms with E-state index in [0.29, 0.717) is 36.0 Å². The highest BCUT2D eigenvalue weighted by Gasteiger charge is 2.27. The summed E-state index contributed by atoms with van der Waals surface area (Å²) < 4.78 is 43.9. The van der Waals surface area contributed by atoms with Gasteiger partial charge in [0.05, 0.1) is 43.7 Å². The first-order valence-electron chi connectivity index (χ1n) is 11.2. The monoisotopic (exact) mass is 499 g/mol. The fourth-order valence-electron chi connectivity index (χ4n) is 3.12. The van der Waals surface area contributed by atoms with Crippen molar-refractivity contribution in [3.63, 3.8) is 0 Å². The summed E-state index contributed by atoms with van der Waals surface area (Å²) in [5.41, 5.74) is 3.07. The fourth-order valence-corrected chi connectivity index (χ4v) is 4.51. The third-order valence-corrected chi connectivity index (χ3v) is 6.55. The second-order valence-corrected chi connectivity index (χ2v) is 9.38. The normalized spacial score (nSPS) is 11.6. The van der Waals surface area contributed by atoms with E-state index in [9.17, 15) is 13.2 Å². The van der Waals surface area contributed by atoms with Crippen molar-refractivity contribution in [1.82, 2.24) is 9.73 Å². The zero-order chi connectivity index (χ0) is 25.1. The minimum Gasteiger partial charge on any atom is -0.490 e. The van der Waals surface area contributed by atoms with Crippen molar-refractivity contribution < 1.29 is 27.1 Å². The summed E-state index contributed by atoms with van der Waals surface area (Å²) in [6.07, 6.45) is 3.77. The van der Waals surface area contributed by atoms with Crippen LogP contribution < -0.4 is 14.9 Å². The van der Waals surface area contributed by atoms with Crippen LogP contribution in [0.4, 0.5) is 0 Å². The van der Waals surface area contributed by atoms with Gasteiger partial charge in [-0.2, -0.15) is 9.41 Å². The molecule has 1 heterocycles. The molecule has 0 radical (unpaired) electrons. The van der Waals surface area contributed by atoms with Gasteiger partial charge in [-0.25, -0.2) is 13.8 Å². The first-order chi connectivity index (χ1) is 16.9. The first kappa shape index (κ1) is 26.0. The number of hydrazone groups is 1. The van der Waals surface area contributed by atoms with Crippen molar-refractivity contribution in [2.45, 2.75) is 31.7 Å². The van der Waals surface area contributed by atoms with Crippen molar-refractivity contribution in [1.29, 1.82) is 0 Å². The number of ether oxygens (including phenoxy) is 2. The van der Waals surface area contributed by atoms with Gasteiger partial charge in [-0.1, -0.05) is 25.1 Å². The molecular weight excluding hydrogens is 470 g/mol. The Balaban J connectivity index is 1.70. The van der Waals surface area contributed by atoms with E-state index in [-0.39, 0.29) is 11.4 Å². The fraction of sp³-hybridized carbons (Fsp3) is 0.280. The third kappa shape index (κ3) is 7.43. The van der Waals surface area contributed by atoms with Gasteiger partial charge in [-0.05, 0) is 61.4 Å². The zero-order valence-corrected chi connectivity index (χ0v) is 20.5. The van der Waals surface area contributed by atoms with Gasteiger partial charge in [0.25, 0.3) is 5.91 Å². The summed E-state index contributed by atoms with van der Waals surface area (Å²) in [4.78, 5) is 12.7. The van der Waals surface area contributed by atoms with Gasteiger partial charge in [0.2, 0.25) is 10.0 Å². The smallest absolute Gasteiger partial charge is 0.255 e. The molecule has 0 fully saturated rings. The molecule has 0 aliphatic rings. The lowest BCUT2D eigenvalue weighted by atomic mass is 10.2. The van der Waals surface area contributed by atoms with Gasteiger partial charge in [0.1, 0.15) is 5.76 Å². The number of hydrogen-bond donors (Lipinski definition) is 1. The molecule has 2 aromatic carbocycles. The zero-order valence-electron chi connectivity index (χ0n) is 19.7. The average Bonchev–Trinajstić information content (AvgIpc) is 3.37. The molecule has 3 aromatic rings. The predicted molar refractivity (Wildman–Crippen MR) is 132 cm³/mol. The van der Waals surface area contributed by atoms with Crippen molar-refractivity contribution in [3.05, 3.63) is 78.3 Å². The molecule has 1 amide bonds. The van der Waals surface area contributed by atoms with E-state index >= 15 is 0 Å². The SMILES string of the molecule is CCCOc1ccc(C=NNC(=O)CN(Cc2ccco2)S(=O)(=O)c2ccccc2)cc1OCC. The molecule has 0 unspecified atom stereocenters. The molecule has 35 heavy (non-hydrogen) atoms. The molecule has 186 valence electrons. The largest absolute Gasteiger partial charge is 0.490 e. The van der Waals surface area contributed by atoms with Crippen LogP contribution in [0.1, 0.15) is 31.6 Å². The van der Waals surface area contributed by atoms with Crippen LogP contribution in [-0.2, 0) is 21.4 Å². The lowest BCUT2D eigenvalue weighted by molar-refractivity contribution is -0.121. The minimum atomic E-state index is -3.94. The Kier molecular flexibility index (Phi) is 9.45. The highest BCUT2D eigenvalue weighted by atomic mass is 32.2. The second kappa shape index (κ2) is 12.7. The van der Waals surface area contributed by atoms with E-state index in [1.54, 1.807) is 48.5 Å². The quantitative estimate of drug-likeness (QED) is 0.283. The standard InChI is InChI=1S/C25H29N3O6S/c1-3-14-34-23-13-12-20(16-24(23)32-4-2)17-26-27-25(29)19-28(18-21-9-8-15-33-21)35(30,31)22-10-6-5-7-11-22/h5-13,15-17H,3-4,14,18-19H2,1-2H3,(H,27,29). The van der Waals surface area contributed by atoms with Crippen LogP contribution in [0.15, 0.2) is 81.3 Å². The number of nitrogens with one attached hydrogen (secondary N) is 1. The summed E-state index contributed by atoms with van der Waals surface area (Å²) >= 11 is 0. The van der Waals surface area contributed by atoms with Crippen LogP contribution >= 0.6 is 0 Å². The summed E-state index contributed by atoms with van der Waals surface area (Å²) in [5, 5.41) is 3.97. The van der Waals surface area contributed by atoms with E-state index in [0.717, 1.165) is 10.7 Å². The van der Waals surface area contributed by atoms with Crippen LogP contribution in [0, 0.1) is 0 Å². The van der Waals surface area contributed by atoms with Crippen molar-refractivity contribution >= 4 is 22.1 Å². The molecule has 0 saturated carbocycles. The van der Waals surface area contributed by atoms with Crippen LogP contribution in [0.5, 0.6) is 11.5 Å². The Bertz CT molecular complexity index is 1210. The van der Waals surface area contributed by atoms with Crippen LogP contribution in [-0.4, -0.2) is 44.6 Å². The second-order valence-electron chi connectivity index (χ2n) is 7.45. The van der Waals surface area contributed by atoms with E-state index < -0.39 is 22.5 Å². The molecule has 9 nitrogen and oxygen atoms in total. The maximum atomic E-state index is 13.1. The summed E-state index contributed by atoms with van der Waals surface area (Å²) in [5.74, 6) is 1.03. The highest BCUT2D eigenvalue weighted by molar-refractivity contribution is 7.89. The Morgan fingerprint density at radius 2 is 1.86 bits per heavy atom. The molecule has 0 saturated heterocycles. The third-order valence-electron chi connectivity index (χ3n) is 4.75. The molecule has 0 aliphatic carbocycles. The van der Waals surface area contributed by atoms with Crippen LogP contribution in [0.3, 0.4) is 0 Å². The van der Waals surface area contributed by atoms with E-state index in [1.165, 1.54) is 24.6 Å². The number of furan rings is 1. The van der Waals surface area contributed by atoms with Crippen LogP contribution in [0.2, 0.25) is 0 Å². The summed E-state index contributed by atoms with van der Waals surface area (Å²) in [7, 11) is -3.94. The molecule has 0 atom stereocenters. The maximum Gasteiger partial charge on any atom is 0.255 e. The number of sulfonamides is 1. The summed E-state index contributed by atoms with van der Waals surface area (Å²) in [6.45, 7) is 4.40. The Morgan fingerprint density at radius 1 is 1.06 bits per heavy atom. The van der Waals surface area contributed by atoms with Gasteiger partial charge < -0.3 is 13.9 Å². The molecular formula is C25H29N3O6S. The van der Waals surface area contributed by atoms with Crippen molar-refractivity contribution in [2.24, 2.45) is 5.10 Å². The van der Waals surface area contributed by atoms with E-state index in [2.05, 4.69) is 10.5 Å². The molecule has 0 aliphatic heterocycles. The molecule has 1 aromatic heterocycles. The molecule has 1 N–H and O–H groups in total. The van der Waals surface area contributed by atoms with E-state index in [4.69, 9.17) is 13.9 Å². The van der Waals surface area contributed by atoms with Gasteiger partial charge in [0.15, 0.2) is 11.5 Å². The van der Waals surface area contributed by atoms with Gasteiger partial charge >= 0.3 is 0 Å². The number of amides is 1. The number of carbonyl (C=O) groups excluding carboxylic acids is 1. The number of benzene rings is 2. The Labute approximate surface area is 205 Å². The van der Waals surface area contributed by atoms with Gasteiger partial charge in [0, 0.05) is 0 Å². The molecule has 10 heteroatoms. The van der Waals surface area contributed by atoms with Crippen molar-refractivity contribution in [3.8, 4) is 11.5 Å². The number of carbonyl (C=O) groups is 1. The molecule has 0 spiro atoms. The topological polar surface area (TPSA) is 110 Å². The average molecular weight is 500 g/mol. The molecule has 0 bridgehead atoms. The Hall–Kier alpha value is -3.63. The summed E-state index contributed by atoms with van der Waals surface area (Å²) in [6, 6.07) is 16.5. The number of nitrogens with zero attached hydrogens (tertiary/aromatic N) is 2.